The topological polar surface area (TPSA) is 29.1 Å². The highest BCUT2D eigenvalue weighted by atomic mass is 35.5. The van der Waals surface area contributed by atoms with Crippen LogP contribution in [-0.4, -0.2) is 12.5 Å². The van der Waals surface area contributed by atoms with Gasteiger partial charge >= 0.3 is 0 Å². The van der Waals surface area contributed by atoms with E-state index in [2.05, 4.69) is 11.2 Å². The van der Waals surface area contributed by atoms with Crippen molar-refractivity contribution in [1.82, 2.24) is 5.32 Å². The quantitative estimate of drug-likeness (QED) is 0.493. The first-order valence-corrected chi connectivity index (χ1v) is 4.80. The number of terminal acetylenes is 1. The Bertz CT molecular complexity index is 454. The summed E-state index contributed by atoms with van der Waals surface area (Å²) in [6.45, 7) is 0.207. The van der Waals surface area contributed by atoms with Crippen LogP contribution in [0.4, 0.5) is 8.78 Å². The van der Waals surface area contributed by atoms with E-state index in [1.165, 1.54) is 0 Å². The molecule has 1 N–H and O–H groups in total. The van der Waals surface area contributed by atoms with Gasteiger partial charge in [0.05, 0.1) is 10.6 Å². The summed E-state index contributed by atoms with van der Waals surface area (Å²) in [6.07, 6.45) is 5.30. The van der Waals surface area contributed by atoms with E-state index >= 15 is 0 Å². The monoisotopic (exact) mass is 243 g/mol. The minimum Gasteiger partial charge on any atom is -0.351 e. The summed E-state index contributed by atoms with van der Waals surface area (Å²) in [5, 5.41) is 1.99. The Morgan fingerprint density at radius 2 is 2.12 bits per heavy atom. The minimum atomic E-state index is -0.871. The standard InChI is InChI=1S/C11H8ClF2NO/c1-2-3-4-15-11(16)7-5-10(14)8(12)6-9(7)13/h1,5-6H,3-4H2,(H,15,16). The summed E-state index contributed by atoms with van der Waals surface area (Å²) < 4.78 is 26.2. The van der Waals surface area contributed by atoms with Crippen LogP contribution in [0.15, 0.2) is 12.1 Å². The minimum absolute atomic E-state index is 0.207. The van der Waals surface area contributed by atoms with Gasteiger partial charge in [-0.25, -0.2) is 8.78 Å². The molecule has 0 aliphatic rings. The summed E-state index contributed by atoms with van der Waals surface area (Å²) in [5.74, 6) is -0.126. The van der Waals surface area contributed by atoms with E-state index in [9.17, 15) is 13.6 Å². The molecule has 0 unspecified atom stereocenters. The first kappa shape index (κ1) is 12.5. The molecule has 0 atom stereocenters. The predicted octanol–water partition coefficient (Wildman–Crippen LogP) is 2.37. The number of halogens is 3. The lowest BCUT2D eigenvalue weighted by Crippen LogP contribution is -2.25. The fourth-order valence-corrected chi connectivity index (χ4v) is 1.19. The zero-order valence-corrected chi connectivity index (χ0v) is 8.94. The van der Waals surface area contributed by atoms with Crippen LogP contribution >= 0.6 is 11.6 Å². The number of hydrogen-bond acceptors (Lipinski definition) is 1. The maximum Gasteiger partial charge on any atom is 0.254 e. The Morgan fingerprint density at radius 3 is 2.75 bits per heavy atom. The average Bonchev–Trinajstić information content (AvgIpc) is 2.23. The van der Waals surface area contributed by atoms with Crippen molar-refractivity contribution in [3.05, 3.63) is 34.4 Å². The zero-order valence-electron chi connectivity index (χ0n) is 8.19. The smallest absolute Gasteiger partial charge is 0.254 e. The van der Waals surface area contributed by atoms with Gasteiger partial charge in [-0.1, -0.05) is 11.6 Å². The molecule has 1 amide bonds. The predicted molar refractivity (Wildman–Crippen MR) is 57.2 cm³/mol. The molecule has 0 aliphatic carbocycles. The molecule has 1 aromatic rings. The molecule has 0 aromatic heterocycles. The van der Waals surface area contributed by atoms with Crippen molar-refractivity contribution >= 4 is 17.5 Å². The summed E-state index contributed by atoms with van der Waals surface area (Å²) in [7, 11) is 0. The molecule has 0 saturated carbocycles. The summed E-state index contributed by atoms with van der Waals surface area (Å²) >= 11 is 5.34. The Morgan fingerprint density at radius 1 is 1.44 bits per heavy atom. The molecule has 16 heavy (non-hydrogen) atoms. The van der Waals surface area contributed by atoms with Crippen molar-refractivity contribution in [1.29, 1.82) is 0 Å². The van der Waals surface area contributed by atoms with Gasteiger partial charge in [0.2, 0.25) is 0 Å². The van der Waals surface area contributed by atoms with Crippen LogP contribution in [0.1, 0.15) is 16.8 Å². The number of carbonyl (C=O) groups is 1. The van der Waals surface area contributed by atoms with Gasteiger partial charge in [0, 0.05) is 13.0 Å². The second-order valence-electron chi connectivity index (χ2n) is 2.96. The lowest BCUT2D eigenvalue weighted by molar-refractivity contribution is 0.0950. The van der Waals surface area contributed by atoms with E-state index < -0.39 is 17.5 Å². The molecule has 1 aromatic carbocycles. The molecule has 0 radical (unpaired) electrons. The highest BCUT2D eigenvalue weighted by Crippen LogP contribution is 2.19. The number of amides is 1. The number of rotatable bonds is 3. The first-order valence-electron chi connectivity index (χ1n) is 4.42. The molecule has 0 fully saturated rings. The van der Waals surface area contributed by atoms with E-state index in [1.807, 2.05) is 0 Å². The number of hydrogen-bond donors (Lipinski definition) is 1. The Hall–Kier alpha value is -1.60. The van der Waals surface area contributed by atoms with Crippen molar-refractivity contribution in [3.8, 4) is 12.3 Å². The third-order valence-electron chi connectivity index (χ3n) is 1.81. The van der Waals surface area contributed by atoms with Crippen LogP contribution in [0.5, 0.6) is 0 Å². The van der Waals surface area contributed by atoms with Crippen molar-refractivity contribution in [2.24, 2.45) is 0 Å². The van der Waals surface area contributed by atoms with E-state index in [1.54, 1.807) is 0 Å². The molecule has 0 aliphatic heterocycles. The Balaban J connectivity index is 2.84. The van der Waals surface area contributed by atoms with Crippen LogP contribution in [-0.2, 0) is 0 Å². The lowest BCUT2D eigenvalue weighted by Gasteiger charge is -2.05. The highest BCUT2D eigenvalue weighted by molar-refractivity contribution is 6.30. The molecule has 0 saturated heterocycles. The molecule has 84 valence electrons. The molecule has 5 heteroatoms. The van der Waals surface area contributed by atoms with Gasteiger partial charge in [-0.05, 0) is 12.1 Å². The average molecular weight is 244 g/mol. The van der Waals surface area contributed by atoms with Crippen molar-refractivity contribution < 1.29 is 13.6 Å². The second-order valence-corrected chi connectivity index (χ2v) is 3.36. The fraction of sp³-hybridized carbons (Fsp3) is 0.182. The van der Waals surface area contributed by atoms with Gasteiger partial charge in [-0.2, -0.15) is 0 Å². The van der Waals surface area contributed by atoms with Crippen molar-refractivity contribution in [2.45, 2.75) is 6.42 Å². The summed E-state index contributed by atoms with van der Waals surface area (Å²) in [6, 6.07) is 1.51. The van der Waals surface area contributed by atoms with Crippen LogP contribution in [0.2, 0.25) is 5.02 Å². The van der Waals surface area contributed by atoms with Crippen molar-refractivity contribution in [2.75, 3.05) is 6.54 Å². The van der Waals surface area contributed by atoms with Crippen LogP contribution in [0.3, 0.4) is 0 Å². The highest BCUT2D eigenvalue weighted by Gasteiger charge is 2.14. The van der Waals surface area contributed by atoms with Crippen molar-refractivity contribution in [3.63, 3.8) is 0 Å². The van der Waals surface area contributed by atoms with Gasteiger partial charge in [-0.3, -0.25) is 4.79 Å². The summed E-state index contributed by atoms with van der Waals surface area (Å²) in [4.78, 5) is 11.4. The maximum absolute atomic E-state index is 13.2. The third kappa shape index (κ3) is 2.94. The van der Waals surface area contributed by atoms with Gasteiger partial charge in [-0.15, -0.1) is 12.3 Å². The van der Waals surface area contributed by atoms with E-state index in [-0.39, 0.29) is 17.1 Å². The summed E-state index contributed by atoms with van der Waals surface area (Å²) in [5.41, 5.74) is -0.390. The van der Waals surface area contributed by atoms with E-state index in [0.29, 0.717) is 6.42 Å². The maximum atomic E-state index is 13.2. The van der Waals surface area contributed by atoms with Gasteiger partial charge in [0.25, 0.3) is 5.91 Å². The SMILES string of the molecule is C#CCCNC(=O)c1cc(F)c(Cl)cc1F. The molecule has 0 heterocycles. The number of benzene rings is 1. The Kier molecular flexibility index (Phi) is 4.27. The molecular weight excluding hydrogens is 236 g/mol. The fourth-order valence-electron chi connectivity index (χ4n) is 1.04. The van der Waals surface area contributed by atoms with E-state index in [4.69, 9.17) is 18.0 Å². The number of nitrogens with one attached hydrogen (secondary N) is 1. The number of carbonyl (C=O) groups excluding carboxylic acids is 1. The molecule has 1 rings (SSSR count). The van der Waals surface area contributed by atoms with Crippen LogP contribution in [0.25, 0.3) is 0 Å². The van der Waals surface area contributed by atoms with Gasteiger partial charge < -0.3 is 5.32 Å². The molecule has 0 spiro atoms. The Labute approximate surface area is 96.6 Å². The van der Waals surface area contributed by atoms with Gasteiger partial charge in [0.1, 0.15) is 11.6 Å². The van der Waals surface area contributed by atoms with Crippen LogP contribution in [0, 0.1) is 24.0 Å². The van der Waals surface area contributed by atoms with E-state index in [0.717, 1.165) is 12.1 Å². The molecule has 0 bridgehead atoms. The lowest BCUT2D eigenvalue weighted by atomic mass is 10.2. The van der Waals surface area contributed by atoms with Crippen LogP contribution < -0.4 is 5.32 Å². The first-order chi connectivity index (χ1) is 7.56. The normalized spacial score (nSPS) is 9.62. The third-order valence-corrected chi connectivity index (χ3v) is 2.10. The molecular formula is C11H8ClF2NO. The van der Waals surface area contributed by atoms with Gasteiger partial charge in [0.15, 0.2) is 0 Å². The largest absolute Gasteiger partial charge is 0.351 e. The second kappa shape index (κ2) is 5.47. The zero-order chi connectivity index (χ0) is 12.1. The molecule has 2 nitrogen and oxygen atoms in total.